The first-order valence-electron chi connectivity index (χ1n) is 8.05. The average Bonchev–Trinajstić information content (AvgIpc) is 2.85. The third kappa shape index (κ3) is 6.13. The SMILES string of the molecule is CCCC1=[C]([Ti+3])C(c2ccccc2)=C([SiH2]c2ccccc2)C1.[Cl-].[Cl-].[Cl-]. The van der Waals surface area contributed by atoms with Gasteiger partial charge in [-0.2, -0.15) is 0 Å². The maximum absolute atomic E-state index is 2.33. The fraction of sp³-hybridized carbons (Fsp3) is 0.200. The number of benzene rings is 2. The molecule has 0 saturated heterocycles. The fourth-order valence-electron chi connectivity index (χ4n) is 3.25. The summed E-state index contributed by atoms with van der Waals surface area (Å²) >= 11 is 2.33. The molecule has 2 aromatic rings. The predicted molar refractivity (Wildman–Crippen MR) is 94.5 cm³/mol. The Morgan fingerprint density at radius 1 is 0.880 bits per heavy atom. The Morgan fingerprint density at radius 2 is 1.44 bits per heavy atom. The molecule has 5 heteroatoms. The molecular formula is C20H21Cl3SiTi. The Balaban J connectivity index is 0.00000192. The van der Waals surface area contributed by atoms with E-state index in [2.05, 4.69) is 88.0 Å². The van der Waals surface area contributed by atoms with Crippen molar-refractivity contribution in [3.05, 3.63) is 80.9 Å². The van der Waals surface area contributed by atoms with E-state index in [1.54, 1.807) is 25.4 Å². The zero-order valence-corrected chi connectivity index (χ0v) is 19.5. The molecule has 0 atom stereocenters. The van der Waals surface area contributed by atoms with E-state index in [1.165, 1.54) is 24.8 Å². The summed E-state index contributed by atoms with van der Waals surface area (Å²) < 4.78 is 1.55. The van der Waals surface area contributed by atoms with E-state index in [9.17, 15) is 0 Å². The third-order valence-electron chi connectivity index (χ3n) is 4.26. The van der Waals surface area contributed by atoms with Crippen molar-refractivity contribution in [1.82, 2.24) is 0 Å². The quantitative estimate of drug-likeness (QED) is 0.406. The van der Waals surface area contributed by atoms with Gasteiger partial charge >= 0.3 is 148 Å². The Hall–Kier alpha value is -0.279. The van der Waals surface area contributed by atoms with Crippen molar-refractivity contribution < 1.29 is 57.7 Å². The van der Waals surface area contributed by atoms with Gasteiger partial charge in [0.25, 0.3) is 0 Å². The van der Waals surface area contributed by atoms with Crippen LogP contribution in [-0.4, -0.2) is 9.52 Å². The monoisotopic (exact) mass is 442 g/mol. The smallest absolute Gasteiger partial charge is 1.00 e. The normalized spacial score (nSPS) is 13.6. The molecule has 0 heterocycles. The van der Waals surface area contributed by atoms with Crippen LogP contribution in [0.15, 0.2) is 75.3 Å². The maximum Gasteiger partial charge on any atom is -1.00 e. The zero-order chi connectivity index (χ0) is 15.4. The van der Waals surface area contributed by atoms with Gasteiger partial charge in [0, 0.05) is 0 Å². The van der Waals surface area contributed by atoms with Gasteiger partial charge in [-0.05, 0) is 0 Å². The van der Waals surface area contributed by atoms with Crippen molar-refractivity contribution in [2.24, 2.45) is 0 Å². The van der Waals surface area contributed by atoms with Gasteiger partial charge in [-0.1, -0.05) is 0 Å². The molecular weight excluding hydrogens is 423 g/mol. The standard InChI is InChI=1S/C20H21Si.3ClH.Ti/c1-2-9-16-14-19(17-10-5-3-6-11-17)20(15-16)21-18-12-7-4-8-13-18;;;;/h3-8,10-13H,2,9,15,21H2,1H3;3*1H;/q;;;;+3/p-3. The Labute approximate surface area is 184 Å². The minimum atomic E-state index is -0.369. The van der Waals surface area contributed by atoms with Crippen LogP contribution in [-0.2, 0) is 20.4 Å². The van der Waals surface area contributed by atoms with E-state index in [0.717, 1.165) is 0 Å². The zero-order valence-electron chi connectivity index (χ0n) is 14.2. The van der Waals surface area contributed by atoms with Crippen LogP contribution in [0, 0.1) is 0 Å². The summed E-state index contributed by atoms with van der Waals surface area (Å²) in [7, 11) is -0.369. The average molecular weight is 444 g/mol. The van der Waals surface area contributed by atoms with Gasteiger partial charge in [0.15, 0.2) is 0 Å². The van der Waals surface area contributed by atoms with Gasteiger partial charge < -0.3 is 37.2 Å². The molecule has 25 heavy (non-hydrogen) atoms. The van der Waals surface area contributed by atoms with Crippen LogP contribution in [0.25, 0.3) is 5.57 Å². The minimum absolute atomic E-state index is 0. The number of hydrogen-bond donors (Lipinski definition) is 0. The van der Waals surface area contributed by atoms with Crippen LogP contribution in [0.4, 0.5) is 0 Å². The molecule has 0 radical (unpaired) electrons. The van der Waals surface area contributed by atoms with E-state index in [1.807, 2.05) is 0 Å². The van der Waals surface area contributed by atoms with Gasteiger partial charge in [-0.3, -0.25) is 0 Å². The van der Waals surface area contributed by atoms with Crippen molar-refractivity contribution in [2.45, 2.75) is 26.2 Å². The van der Waals surface area contributed by atoms with Gasteiger partial charge in [-0.25, -0.2) is 0 Å². The third-order valence-corrected chi connectivity index (χ3v) is 7.11. The summed E-state index contributed by atoms with van der Waals surface area (Å²) in [6, 6.07) is 22.0. The summed E-state index contributed by atoms with van der Waals surface area (Å²) in [4.78, 5) is 0. The van der Waals surface area contributed by atoms with E-state index in [0.29, 0.717) is 0 Å². The van der Waals surface area contributed by atoms with Gasteiger partial charge in [-0.15, -0.1) is 0 Å². The summed E-state index contributed by atoms with van der Waals surface area (Å²) in [6.07, 6.45) is 3.70. The Bertz CT molecular complexity index is 712. The minimum Gasteiger partial charge on any atom is -1.00 e. The number of rotatable bonds is 5. The second kappa shape index (κ2) is 12.2. The summed E-state index contributed by atoms with van der Waals surface area (Å²) in [5, 5.41) is 3.27. The number of allylic oxidation sites excluding steroid dienone is 4. The van der Waals surface area contributed by atoms with Crippen LogP contribution in [0.3, 0.4) is 0 Å². The molecule has 0 N–H and O–H groups in total. The Morgan fingerprint density at radius 3 is 2.00 bits per heavy atom. The molecule has 0 amide bonds. The molecule has 1 aliphatic rings. The summed E-state index contributed by atoms with van der Waals surface area (Å²) in [5.41, 5.74) is 4.63. The number of halogens is 3. The van der Waals surface area contributed by atoms with Crippen LogP contribution >= 0.6 is 0 Å². The van der Waals surface area contributed by atoms with Crippen LogP contribution < -0.4 is 42.4 Å². The number of hydrogen-bond acceptors (Lipinski definition) is 0. The first-order chi connectivity index (χ1) is 10.8. The molecule has 1 aliphatic carbocycles. The second-order valence-electron chi connectivity index (χ2n) is 5.91. The van der Waals surface area contributed by atoms with Crippen molar-refractivity contribution in [3.63, 3.8) is 0 Å². The van der Waals surface area contributed by atoms with Gasteiger partial charge in [0.1, 0.15) is 0 Å². The predicted octanol–water partition coefficient (Wildman–Crippen LogP) is -5.09. The van der Waals surface area contributed by atoms with E-state index >= 15 is 0 Å². The molecule has 2 aromatic carbocycles. The summed E-state index contributed by atoms with van der Waals surface area (Å²) in [6.45, 7) is 2.29. The van der Waals surface area contributed by atoms with Crippen LogP contribution in [0.1, 0.15) is 31.7 Å². The Kier molecular flexibility index (Phi) is 12.0. The van der Waals surface area contributed by atoms with E-state index in [4.69, 9.17) is 0 Å². The molecule has 0 fully saturated rings. The van der Waals surface area contributed by atoms with Crippen LogP contribution in [0.5, 0.6) is 0 Å². The second-order valence-corrected chi connectivity index (χ2v) is 8.72. The van der Waals surface area contributed by atoms with E-state index in [-0.39, 0.29) is 46.7 Å². The molecule has 0 aromatic heterocycles. The van der Waals surface area contributed by atoms with Gasteiger partial charge in [0.2, 0.25) is 0 Å². The van der Waals surface area contributed by atoms with Gasteiger partial charge in [0.05, 0.1) is 0 Å². The topological polar surface area (TPSA) is 0 Å². The van der Waals surface area contributed by atoms with Crippen molar-refractivity contribution in [1.29, 1.82) is 0 Å². The van der Waals surface area contributed by atoms with Crippen LogP contribution in [0.2, 0.25) is 0 Å². The first kappa shape index (κ1) is 24.7. The van der Waals surface area contributed by atoms with Crippen molar-refractivity contribution in [3.8, 4) is 0 Å². The first-order valence-corrected chi connectivity index (χ1v) is 10.2. The molecule has 130 valence electrons. The fourth-order valence-corrected chi connectivity index (χ4v) is 6.35. The molecule has 0 nitrogen and oxygen atoms in total. The molecule has 0 aliphatic heterocycles. The van der Waals surface area contributed by atoms with E-state index < -0.39 is 0 Å². The molecule has 0 saturated carbocycles. The molecule has 0 unspecified atom stereocenters. The summed E-state index contributed by atoms with van der Waals surface area (Å²) in [5.74, 6) is 0. The maximum atomic E-state index is 2.33. The van der Waals surface area contributed by atoms with Crippen molar-refractivity contribution in [2.75, 3.05) is 0 Å². The molecule has 0 spiro atoms. The van der Waals surface area contributed by atoms with Crippen molar-refractivity contribution >= 4 is 20.3 Å². The largest absolute Gasteiger partial charge is 1.00 e. The molecule has 0 bridgehead atoms. The molecule has 3 rings (SSSR count).